The van der Waals surface area contributed by atoms with Crippen molar-refractivity contribution in [2.45, 2.75) is 26.5 Å². The number of hydrogen-bond acceptors (Lipinski definition) is 4. The number of nitrogens with zero attached hydrogens (tertiary/aromatic N) is 3. The van der Waals surface area contributed by atoms with Crippen molar-refractivity contribution in [1.29, 1.82) is 0 Å². The van der Waals surface area contributed by atoms with Crippen molar-refractivity contribution in [2.24, 2.45) is 0 Å². The quantitative estimate of drug-likeness (QED) is 0.799. The van der Waals surface area contributed by atoms with Gasteiger partial charge in [-0.15, -0.1) is 0 Å². The van der Waals surface area contributed by atoms with E-state index in [-0.39, 0.29) is 18.2 Å². The van der Waals surface area contributed by atoms with E-state index in [1.807, 2.05) is 13.8 Å². The van der Waals surface area contributed by atoms with Gasteiger partial charge in [0.25, 0.3) is 0 Å². The molecule has 0 bridgehead atoms. The van der Waals surface area contributed by atoms with Crippen LogP contribution < -0.4 is 4.74 Å². The van der Waals surface area contributed by atoms with Gasteiger partial charge in [0.15, 0.2) is 5.82 Å². The fraction of sp³-hybridized carbons (Fsp3) is 0.308. The Morgan fingerprint density at radius 1 is 1.50 bits per heavy atom. The molecular weight excluding hydrogens is 373 g/mol. The van der Waals surface area contributed by atoms with Crippen LogP contribution in [-0.2, 0) is 6.61 Å². The van der Waals surface area contributed by atoms with Crippen LogP contribution in [0.5, 0.6) is 5.75 Å². The Labute approximate surface area is 129 Å². The standard InChI is InChI=1S/C13H14IN3O3/c1-8(2)17-12(15-7-16-17)6-20-11-5-9(13(18)19)3-4-10(11)14/h3-5,7-8H,6H2,1-2H3,(H,18,19). The number of benzene rings is 1. The van der Waals surface area contributed by atoms with Crippen molar-refractivity contribution in [2.75, 3.05) is 0 Å². The average molecular weight is 387 g/mol. The Bertz CT molecular complexity index is 625. The fourth-order valence-electron chi connectivity index (χ4n) is 1.70. The Hall–Kier alpha value is -1.64. The van der Waals surface area contributed by atoms with Gasteiger partial charge >= 0.3 is 5.97 Å². The first kappa shape index (κ1) is 14.8. The zero-order valence-electron chi connectivity index (χ0n) is 11.1. The topological polar surface area (TPSA) is 77.2 Å². The molecule has 0 radical (unpaired) electrons. The van der Waals surface area contributed by atoms with E-state index in [1.165, 1.54) is 12.4 Å². The molecule has 20 heavy (non-hydrogen) atoms. The molecule has 0 spiro atoms. The van der Waals surface area contributed by atoms with E-state index in [0.29, 0.717) is 11.6 Å². The van der Waals surface area contributed by atoms with Gasteiger partial charge in [-0.2, -0.15) is 5.10 Å². The SMILES string of the molecule is CC(C)n1ncnc1COc1cc(C(=O)O)ccc1I. The summed E-state index contributed by atoms with van der Waals surface area (Å²) in [6.45, 7) is 4.26. The van der Waals surface area contributed by atoms with Crippen LogP contribution in [0.15, 0.2) is 24.5 Å². The number of hydrogen-bond donors (Lipinski definition) is 1. The highest BCUT2D eigenvalue weighted by Crippen LogP contribution is 2.23. The summed E-state index contributed by atoms with van der Waals surface area (Å²) in [6, 6.07) is 4.97. The minimum atomic E-state index is -0.975. The summed E-state index contributed by atoms with van der Waals surface area (Å²) in [6.07, 6.45) is 1.48. The van der Waals surface area contributed by atoms with Crippen LogP contribution in [0.2, 0.25) is 0 Å². The lowest BCUT2D eigenvalue weighted by molar-refractivity contribution is 0.0696. The maximum atomic E-state index is 11.0. The molecule has 7 heteroatoms. The van der Waals surface area contributed by atoms with E-state index < -0.39 is 5.97 Å². The summed E-state index contributed by atoms with van der Waals surface area (Å²) in [7, 11) is 0. The van der Waals surface area contributed by atoms with E-state index in [1.54, 1.807) is 16.8 Å². The second-order valence-corrected chi connectivity index (χ2v) is 5.62. The van der Waals surface area contributed by atoms with Crippen molar-refractivity contribution in [3.05, 3.63) is 39.5 Å². The number of ether oxygens (including phenoxy) is 1. The van der Waals surface area contributed by atoms with Crippen LogP contribution in [0.4, 0.5) is 0 Å². The number of carboxylic acid groups (broad SMARTS) is 1. The molecule has 0 fully saturated rings. The molecule has 0 saturated carbocycles. The number of rotatable bonds is 5. The zero-order valence-corrected chi connectivity index (χ0v) is 13.2. The van der Waals surface area contributed by atoms with Crippen LogP contribution in [-0.4, -0.2) is 25.8 Å². The van der Waals surface area contributed by atoms with Crippen LogP contribution in [0.3, 0.4) is 0 Å². The third-order valence-corrected chi connectivity index (χ3v) is 3.56. The van der Waals surface area contributed by atoms with Gasteiger partial charge in [-0.25, -0.2) is 14.5 Å². The maximum absolute atomic E-state index is 11.0. The number of aromatic carboxylic acids is 1. The molecule has 0 unspecified atom stereocenters. The van der Waals surface area contributed by atoms with E-state index >= 15 is 0 Å². The van der Waals surface area contributed by atoms with Gasteiger partial charge < -0.3 is 9.84 Å². The molecule has 1 heterocycles. The lowest BCUT2D eigenvalue weighted by atomic mass is 10.2. The number of halogens is 1. The van der Waals surface area contributed by atoms with E-state index in [0.717, 1.165) is 3.57 Å². The minimum absolute atomic E-state index is 0.195. The minimum Gasteiger partial charge on any atom is -0.484 e. The first-order chi connectivity index (χ1) is 9.49. The lowest BCUT2D eigenvalue weighted by Gasteiger charge is -2.11. The Kier molecular flexibility index (Phi) is 4.58. The van der Waals surface area contributed by atoms with E-state index in [4.69, 9.17) is 9.84 Å². The zero-order chi connectivity index (χ0) is 14.7. The highest BCUT2D eigenvalue weighted by molar-refractivity contribution is 14.1. The highest BCUT2D eigenvalue weighted by Gasteiger charge is 2.11. The number of aromatic nitrogens is 3. The van der Waals surface area contributed by atoms with Crippen molar-refractivity contribution < 1.29 is 14.6 Å². The normalized spacial score (nSPS) is 10.8. The summed E-state index contributed by atoms with van der Waals surface area (Å²) >= 11 is 2.10. The molecule has 2 aromatic rings. The first-order valence-electron chi connectivity index (χ1n) is 6.03. The molecule has 6 nitrogen and oxygen atoms in total. The highest BCUT2D eigenvalue weighted by atomic mass is 127. The molecular formula is C13H14IN3O3. The Morgan fingerprint density at radius 2 is 2.25 bits per heavy atom. The molecule has 2 rings (SSSR count). The smallest absolute Gasteiger partial charge is 0.335 e. The molecule has 0 aliphatic heterocycles. The molecule has 1 N–H and O–H groups in total. The molecule has 0 aliphatic carbocycles. The van der Waals surface area contributed by atoms with Gasteiger partial charge in [-0.1, -0.05) is 0 Å². The van der Waals surface area contributed by atoms with Gasteiger partial charge in [0.05, 0.1) is 9.13 Å². The predicted molar refractivity (Wildman–Crippen MR) is 80.9 cm³/mol. The van der Waals surface area contributed by atoms with Crippen molar-refractivity contribution in [1.82, 2.24) is 14.8 Å². The van der Waals surface area contributed by atoms with Crippen LogP contribution >= 0.6 is 22.6 Å². The van der Waals surface area contributed by atoms with Gasteiger partial charge in [0.2, 0.25) is 0 Å². The molecule has 1 aromatic carbocycles. The third kappa shape index (κ3) is 3.27. The predicted octanol–water partition coefficient (Wildman–Crippen LogP) is 2.74. The van der Waals surface area contributed by atoms with Gasteiger partial charge in [0, 0.05) is 6.04 Å². The molecule has 0 saturated heterocycles. The molecule has 106 valence electrons. The van der Waals surface area contributed by atoms with Crippen molar-refractivity contribution in [3.8, 4) is 5.75 Å². The summed E-state index contributed by atoms with van der Waals surface area (Å²) in [5.74, 6) is 0.261. The number of carboxylic acids is 1. The van der Waals surface area contributed by atoms with Crippen LogP contribution in [0.1, 0.15) is 36.1 Å². The summed E-state index contributed by atoms with van der Waals surface area (Å²) in [5.41, 5.74) is 0.200. The molecule has 0 atom stereocenters. The average Bonchev–Trinajstić information content (AvgIpc) is 2.86. The Morgan fingerprint density at radius 3 is 2.90 bits per heavy atom. The summed E-state index contributed by atoms with van der Waals surface area (Å²) in [4.78, 5) is 15.1. The van der Waals surface area contributed by atoms with Gasteiger partial charge in [-0.3, -0.25) is 0 Å². The number of carbonyl (C=O) groups is 1. The molecule has 0 amide bonds. The van der Waals surface area contributed by atoms with E-state index in [9.17, 15) is 4.79 Å². The maximum Gasteiger partial charge on any atom is 0.335 e. The van der Waals surface area contributed by atoms with Crippen molar-refractivity contribution >= 4 is 28.6 Å². The van der Waals surface area contributed by atoms with E-state index in [2.05, 4.69) is 32.7 Å². The monoisotopic (exact) mass is 387 g/mol. The molecule has 1 aromatic heterocycles. The third-order valence-electron chi connectivity index (χ3n) is 2.67. The van der Waals surface area contributed by atoms with Crippen LogP contribution in [0.25, 0.3) is 0 Å². The Balaban J connectivity index is 2.16. The fourth-order valence-corrected chi connectivity index (χ4v) is 2.19. The molecule has 0 aliphatic rings. The summed E-state index contributed by atoms with van der Waals surface area (Å²) < 4.78 is 8.29. The van der Waals surface area contributed by atoms with Gasteiger partial charge in [0.1, 0.15) is 18.7 Å². The van der Waals surface area contributed by atoms with Gasteiger partial charge in [-0.05, 0) is 54.6 Å². The largest absolute Gasteiger partial charge is 0.484 e. The lowest BCUT2D eigenvalue weighted by Crippen LogP contribution is -2.11. The summed E-state index contributed by atoms with van der Waals surface area (Å²) in [5, 5.41) is 13.1. The second-order valence-electron chi connectivity index (χ2n) is 4.45. The van der Waals surface area contributed by atoms with Crippen molar-refractivity contribution in [3.63, 3.8) is 0 Å². The second kappa shape index (κ2) is 6.21. The van der Waals surface area contributed by atoms with Crippen LogP contribution in [0, 0.1) is 3.57 Å². The first-order valence-corrected chi connectivity index (χ1v) is 7.11.